The van der Waals surface area contributed by atoms with Gasteiger partial charge in [-0.05, 0) is 49.8 Å². The van der Waals surface area contributed by atoms with Gasteiger partial charge in [0, 0.05) is 25.5 Å². The lowest BCUT2D eigenvalue weighted by Crippen LogP contribution is -2.26. The number of carbonyl (C=O) groups excluding carboxylic acids is 1. The number of nitrogens with one attached hydrogen (secondary N) is 1. The van der Waals surface area contributed by atoms with Crippen molar-refractivity contribution in [3.63, 3.8) is 0 Å². The van der Waals surface area contributed by atoms with Gasteiger partial charge in [-0.1, -0.05) is 13.0 Å². The van der Waals surface area contributed by atoms with Gasteiger partial charge in [-0.25, -0.2) is 13.8 Å². The number of hydrogen-bond donors (Lipinski definition) is 2. The SMILES string of the molecule is CC1CCC(Nc2cccc3nc(C(F)F)cn23)CC1.Cn1nccc1C(N)=O. The molecule has 0 aliphatic heterocycles. The van der Waals surface area contributed by atoms with Gasteiger partial charge in [-0.2, -0.15) is 5.10 Å². The molecule has 0 atom stereocenters. The molecule has 9 heteroatoms. The zero-order valence-corrected chi connectivity index (χ0v) is 16.6. The molecule has 0 aromatic carbocycles. The minimum atomic E-state index is -2.53. The maximum atomic E-state index is 12.7. The summed E-state index contributed by atoms with van der Waals surface area (Å²) >= 11 is 0. The Hall–Kier alpha value is -2.97. The van der Waals surface area contributed by atoms with Crippen molar-refractivity contribution < 1.29 is 13.6 Å². The third-order valence-corrected chi connectivity index (χ3v) is 5.18. The number of fused-ring (bicyclic) bond motifs is 1. The van der Waals surface area contributed by atoms with Crippen molar-refractivity contribution >= 4 is 17.4 Å². The third-order valence-electron chi connectivity index (χ3n) is 5.18. The first-order chi connectivity index (χ1) is 13.8. The summed E-state index contributed by atoms with van der Waals surface area (Å²) in [4.78, 5) is 14.4. The maximum absolute atomic E-state index is 12.7. The molecule has 3 heterocycles. The van der Waals surface area contributed by atoms with Crippen LogP contribution >= 0.6 is 0 Å². The molecular weight excluding hydrogens is 378 g/mol. The molecule has 1 saturated carbocycles. The van der Waals surface area contributed by atoms with Crippen LogP contribution in [0.3, 0.4) is 0 Å². The molecule has 7 nitrogen and oxygen atoms in total. The van der Waals surface area contributed by atoms with Crippen LogP contribution in [0.15, 0.2) is 36.7 Å². The summed E-state index contributed by atoms with van der Waals surface area (Å²) in [6, 6.07) is 7.52. The number of hydrogen-bond acceptors (Lipinski definition) is 4. The van der Waals surface area contributed by atoms with E-state index in [0.29, 0.717) is 17.4 Å². The number of amides is 1. The molecule has 0 spiro atoms. The standard InChI is InChI=1S/C15H19F2N3.C5H7N3O/c1-10-5-7-11(8-6-10)18-13-3-2-4-14-19-12(15(16)17)9-20(13)14;1-8-4(5(6)9)2-3-7-8/h2-4,9-11,15,18H,5-8H2,1H3;2-3H,1H3,(H2,6,9). The number of pyridine rings is 1. The highest BCUT2D eigenvalue weighted by Gasteiger charge is 2.19. The van der Waals surface area contributed by atoms with Crippen molar-refractivity contribution in [2.24, 2.45) is 18.7 Å². The van der Waals surface area contributed by atoms with Crippen LogP contribution in [0.5, 0.6) is 0 Å². The molecular formula is C20H26F2N6O. The molecule has 3 N–H and O–H groups in total. The first-order valence-corrected chi connectivity index (χ1v) is 9.65. The Labute approximate surface area is 167 Å². The Bertz CT molecular complexity index is 959. The molecule has 1 fully saturated rings. The van der Waals surface area contributed by atoms with Crippen LogP contribution in [0.2, 0.25) is 0 Å². The molecule has 3 aromatic heterocycles. The van der Waals surface area contributed by atoms with Gasteiger partial charge in [0.25, 0.3) is 12.3 Å². The van der Waals surface area contributed by atoms with E-state index in [1.54, 1.807) is 23.6 Å². The van der Waals surface area contributed by atoms with E-state index in [1.807, 2.05) is 12.1 Å². The van der Waals surface area contributed by atoms with Crippen molar-refractivity contribution in [3.8, 4) is 0 Å². The van der Waals surface area contributed by atoms with Crippen LogP contribution < -0.4 is 11.1 Å². The number of aromatic nitrogens is 4. The normalized spacial score (nSPS) is 19.1. The lowest BCUT2D eigenvalue weighted by molar-refractivity contribution is 0.0991. The van der Waals surface area contributed by atoms with Gasteiger partial charge in [-0.15, -0.1) is 0 Å². The second kappa shape index (κ2) is 9.02. The van der Waals surface area contributed by atoms with Crippen LogP contribution in [0.4, 0.5) is 14.6 Å². The molecule has 0 unspecified atom stereocenters. The van der Waals surface area contributed by atoms with E-state index >= 15 is 0 Å². The number of rotatable bonds is 4. The quantitative estimate of drug-likeness (QED) is 0.692. The molecule has 1 aliphatic carbocycles. The predicted octanol–water partition coefficient (Wildman–Crippen LogP) is 3.78. The number of carbonyl (C=O) groups is 1. The van der Waals surface area contributed by atoms with Gasteiger partial charge in [0.15, 0.2) is 0 Å². The van der Waals surface area contributed by atoms with Gasteiger partial charge >= 0.3 is 0 Å². The number of nitrogens with zero attached hydrogens (tertiary/aromatic N) is 4. The molecule has 29 heavy (non-hydrogen) atoms. The summed E-state index contributed by atoms with van der Waals surface area (Å²) in [7, 11) is 1.67. The molecule has 156 valence electrons. The van der Waals surface area contributed by atoms with Crippen molar-refractivity contribution in [1.29, 1.82) is 0 Å². The summed E-state index contributed by atoms with van der Waals surface area (Å²) < 4.78 is 28.6. The molecule has 3 aromatic rings. The molecule has 1 aliphatic rings. The van der Waals surface area contributed by atoms with Crippen LogP contribution in [0.1, 0.15) is 55.2 Å². The summed E-state index contributed by atoms with van der Waals surface area (Å²) in [6.45, 7) is 2.28. The second-order valence-electron chi connectivity index (χ2n) is 7.41. The molecule has 0 saturated heterocycles. The highest BCUT2D eigenvalue weighted by Crippen LogP contribution is 2.27. The highest BCUT2D eigenvalue weighted by molar-refractivity contribution is 5.90. The van der Waals surface area contributed by atoms with Crippen molar-refractivity contribution in [2.45, 2.75) is 45.1 Å². The van der Waals surface area contributed by atoms with Crippen molar-refractivity contribution in [1.82, 2.24) is 19.2 Å². The van der Waals surface area contributed by atoms with Crippen LogP contribution in [0, 0.1) is 5.92 Å². The maximum Gasteiger partial charge on any atom is 0.281 e. The molecule has 1 amide bonds. The van der Waals surface area contributed by atoms with Gasteiger partial charge in [0.2, 0.25) is 0 Å². The number of primary amides is 1. The minimum absolute atomic E-state index is 0.170. The average Bonchev–Trinajstić information content (AvgIpc) is 3.31. The van der Waals surface area contributed by atoms with E-state index in [0.717, 1.165) is 24.6 Å². The number of anilines is 1. The second-order valence-corrected chi connectivity index (χ2v) is 7.41. The van der Waals surface area contributed by atoms with Crippen molar-refractivity contribution in [2.75, 3.05) is 5.32 Å². The van der Waals surface area contributed by atoms with E-state index < -0.39 is 12.3 Å². The predicted molar refractivity (Wildman–Crippen MR) is 107 cm³/mol. The van der Waals surface area contributed by atoms with E-state index in [4.69, 9.17) is 5.73 Å². The van der Waals surface area contributed by atoms with E-state index in [1.165, 1.54) is 29.9 Å². The summed E-state index contributed by atoms with van der Waals surface area (Å²) in [5.74, 6) is 1.19. The number of aryl methyl sites for hydroxylation is 1. The fourth-order valence-corrected chi connectivity index (χ4v) is 3.48. The zero-order chi connectivity index (χ0) is 21.0. The zero-order valence-electron chi connectivity index (χ0n) is 16.6. The van der Waals surface area contributed by atoms with Crippen molar-refractivity contribution in [3.05, 3.63) is 48.0 Å². The number of nitrogens with two attached hydrogens (primary N) is 1. The summed E-state index contributed by atoms with van der Waals surface area (Å²) in [5, 5.41) is 7.23. The monoisotopic (exact) mass is 404 g/mol. The minimum Gasteiger partial charge on any atom is -0.368 e. The average molecular weight is 404 g/mol. The fourth-order valence-electron chi connectivity index (χ4n) is 3.48. The number of imidazole rings is 1. The largest absolute Gasteiger partial charge is 0.368 e. The lowest BCUT2D eigenvalue weighted by Gasteiger charge is -2.27. The Balaban J connectivity index is 0.000000224. The summed E-state index contributed by atoms with van der Waals surface area (Å²) in [6.07, 6.45) is 5.13. The van der Waals surface area contributed by atoms with Gasteiger partial charge in [0.05, 0.1) is 0 Å². The molecule has 0 bridgehead atoms. The summed E-state index contributed by atoms with van der Waals surface area (Å²) in [5.41, 5.74) is 5.78. The van der Waals surface area contributed by atoms with Gasteiger partial charge in [0.1, 0.15) is 22.9 Å². The number of alkyl halides is 2. The first-order valence-electron chi connectivity index (χ1n) is 9.65. The van der Waals surface area contributed by atoms with E-state index in [-0.39, 0.29) is 5.69 Å². The Morgan fingerprint density at radius 3 is 2.52 bits per heavy atom. The highest BCUT2D eigenvalue weighted by atomic mass is 19.3. The lowest BCUT2D eigenvalue weighted by atomic mass is 9.87. The van der Waals surface area contributed by atoms with Gasteiger partial charge < -0.3 is 11.1 Å². The molecule has 0 radical (unpaired) electrons. The van der Waals surface area contributed by atoms with Crippen LogP contribution in [-0.4, -0.2) is 31.1 Å². The number of halogens is 2. The van der Waals surface area contributed by atoms with E-state index in [9.17, 15) is 13.6 Å². The fraction of sp³-hybridized carbons (Fsp3) is 0.450. The first kappa shape index (κ1) is 20.8. The Morgan fingerprint density at radius 2 is 1.97 bits per heavy atom. The van der Waals surface area contributed by atoms with E-state index in [2.05, 4.69) is 22.3 Å². The molecule has 4 rings (SSSR count). The Kier molecular flexibility index (Phi) is 6.46. The van der Waals surface area contributed by atoms with Gasteiger partial charge in [-0.3, -0.25) is 13.9 Å². The third kappa shape index (κ3) is 5.10. The smallest absolute Gasteiger partial charge is 0.281 e. The Morgan fingerprint density at radius 1 is 1.24 bits per heavy atom. The topological polar surface area (TPSA) is 90.2 Å². The van der Waals surface area contributed by atoms with Crippen LogP contribution in [-0.2, 0) is 7.05 Å². The van der Waals surface area contributed by atoms with Crippen LogP contribution in [0.25, 0.3) is 5.65 Å².